The van der Waals surface area contributed by atoms with E-state index in [4.69, 9.17) is 5.73 Å². The molecule has 1 aromatic rings. The van der Waals surface area contributed by atoms with Crippen molar-refractivity contribution in [1.82, 2.24) is 0 Å². The molecule has 0 radical (unpaired) electrons. The fourth-order valence-corrected chi connectivity index (χ4v) is 3.07. The van der Waals surface area contributed by atoms with Gasteiger partial charge in [-0.05, 0) is 69.3 Å². The number of aromatic hydroxyl groups is 1. The molecule has 0 unspecified atom stereocenters. The second-order valence-electron chi connectivity index (χ2n) is 3.33. The Hall–Kier alpha value is 0.400. The molecular formula is C10H13I2NO2. The maximum atomic E-state index is 9.64. The molecule has 0 aliphatic heterocycles. The molecule has 0 bridgehead atoms. The highest BCUT2D eigenvalue weighted by Crippen LogP contribution is 2.30. The van der Waals surface area contributed by atoms with E-state index in [0.29, 0.717) is 6.42 Å². The molecule has 0 heterocycles. The number of phenols is 1. The normalized spacial score (nSPS) is 15.0. The Morgan fingerprint density at radius 3 is 2.20 bits per heavy atom. The van der Waals surface area contributed by atoms with Gasteiger partial charge in [-0.25, -0.2) is 0 Å². The van der Waals surface area contributed by atoms with Crippen LogP contribution in [-0.2, 0) is 0 Å². The summed E-state index contributed by atoms with van der Waals surface area (Å²) in [5.41, 5.74) is 6.76. The first-order chi connectivity index (χ1) is 6.97. The van der Waals surface area contributed by atoms with Gasteiger partial charge in [-0.15, -0.1) is 0 Å². The van der Waals surface area contributed by atoms with E-state index in [9.17, 15) is 10.2 Å². The lowest BCUT2D eigenvalue weighted by Gasteiger charge is -2.18. The zero-order valence-corrected chi connectivity index (χ0v) is 12.6. The third-order valence-electron chi connectivity index (χ3n) is 2.26. The SMILES string of the molecule is CC[C@@H](O)[C@@H](N)c1cc(I)c(O)c(I)c1. The molecule has 0 amide bonds. The zero-order valence-electron chi connectivity index (χ0n) is 8.24. The largest absolute Gasteiger partial charge is 0.506 e. The van der Waals surface area contributed by atoms with Crippen molar-refractivity contribution in [2.24, 2.45) is 5.73 Å². The molecule has 0 fully saturated rings. The van der Waals surface area contributed by atoms with Crippen molar-refractivity contribution in [2.45, 2.75) is 25.5 Å². The average Bonchev–Trinajstić information content (AvgIpc) is 2.23. The Balaban J connectivity index is 3.06. The number of phenolic OH excluding ortho intramolecular Hbond substituents is 1. The molecule has 0 aliphatic rings. The molecule has 0 spiro atoms. The maximum Gasteiger partial charge on any atom is 0.142 e. The molecule has 4 N–H and O–H groups in total. The van der Waals surface area contributed by atoms with E-state index in [1.807, 2.05) is 19.1 Å². The molecule has 3 nitrogen and oxygen atoms in total. The Labute approximate surface area is 116 Å². The second kappa shape index (κ2) is 5.65. The van der Waals surface area contributed by atoms with Crippen LogP contribution >= 0.6 is 45.2 Å². The summed E-state index contributed by atoms with van der Waals surface area (Å²) in [6.07, 6.45) is 0.0796. The van der Waals surface area contributed by atoms with Crippen LogP contribution in [0.5, 0.6) is 5.75 Å². The van der Waals surface area contributed by atoms with Crippen LogP contribution in [0.4, 0.5) is 0 Å². The Bertz CT molecular complexity index is 334. The van der Waals surface area contributed by atoms with Gasteiger partial charge in [0.05, 0.1) is 19.3 Å². The van der Waals surface area contributed by atoms with E-state index in [-0.39, 0.29) is 5.75 Å². The summed E-state index contributed by atoms with van der Waals surface area (Å²) < 4.78 is 1.52. The highest BCUT2D eigenvalue weighted by atomic mass is 127. The minimum Gasteiger partial charge on any atom is -0.506 e. The van der Waals surface area contributed by atoms with E-state index in [0.717, 1.165) is 12.7 Å². The molecular weight excluding hydrogens is 420 g/mol. The van der Waals surface area contributed by atoms with Crippen LogP contribution in [0.2, 0.25) is 0 Å². The molecule has 15 heavy (non-hydrogen) atoms. The lowest BCUT2D eigenvalue weighted by atomic mass is 10.0. The third-order valence-corrected chi connectivity index (χ3v) is 3.90. The highest BCUT2D eigenvalue weighted by Gasteiger charge is 2.17. The van der Waals surface area contributed by atoms with E-state index < -0.39 is 12.1 Å². The summed E-state index contributed by atoms with van der Waals surface area (Å²) in [4.78, 5) is 0. The van der Waals surface area contributed by atoms with Crippen LogP contribution in [0.15, 0.2) is 12.1 Å². The molecule has 0 aliphatic carbocycles. The van der Waals surface area contributed by atoms with Gasteiger partial charge in [0.15, 0.2) is 0 Å². The van der Waals surface area contributed by atoms with Gasteiger partial charge < -0.3 is 15.9 Å². The monoisotopic (exact) mass is 433 g/mol. The molecule has 0 saturated heterocycles. The predicted octanol–water partition coefficient (Wildman–Crippen LogP) is 2.37. The number of aliphatic hydroxyl groups is 1. The number of rotatable bonds is 3. The zero-order chi connectivity index (χ0) is 11.6. The molecule has 1 rings (SSSR count). The van der Waals surface area contributed by atoms with Gasteiger partial charge in [0.25, 0.3) is 0 Å². The van der Waals surface area contributed by atoms with Gasteiger partial charge in [-0.3, -0.25) is 0 Å². The minimum absolute atomic E-state index is 0.276. The Kier molecular flexibility index (Phi) is 5.07. The first-order valence-corrected chi connectivity index (χ1v) is 6.74. The van der Waals surface area contributed by atoms with Crippen LogP contribution < -0.4 is 5.73 Å². The van der Waals surface area contributed by atoms with Gasteiger partial charge >= 0.3 is 0 Å². The lowest BCUT2D eigenvalue weighted by Crippen LogP contribution is -2.25. The number of nitrogens with two attached hydrogens (primary N) is 1. The van der Waals surface area contributed by atoms with Crippen molar-refractivity contribution in [1.29, 1.82) is 0 Å². The van der Waals surface area contributed by atoms with Crippen LogP contribution in [-0.4, -0.2) is 16.3 Å². The average molecular weight is 433 g/mol. The lowest BCUT2D eigenvalue weighted by molar-refractivity contribution is 0.140. The van der Waals surface area contributed by atoms with Gasteiger partial charge in [0.1, 0.15) is 5.75 Å². The van der Waals surface area contributed by atoms with Gasteiger partial charge in [-0.2, -0.15) is 0 Å². The number of aliphatic hydroxyl groups excluding tert-OH is 1. The van der Waals surface area contributed by atoms with Crippen molar-refractivity contribution in [3.05, 3.63) is 24.8 Å². The standard InChI is InChI=1S/C10H13I2NO2/c1-2-8(14)9(13)5-3-6(11)10(15)7(12)4-5/h3-4,8-9,14-15H,2,13H2,1H3/t8-,9+/m1/s1. The summed E-state index contributed by atoms with van der Waals surface area (Å²) >= 11 is 4.10. The van der Waals surface area contributed by atoms with E-state index in [2.05, 4.69) is 45.2 Å². The molecule has 2 atom stereocenters. The highest BCUT2D eigenvalue weighted by molar-refractivity contribution is 14.1. The van der Waals surface area contributed by atoms with E-state index in [1.165, 1.54) is 0 Å². The van der Waals surface area contributed by atoms with Crippen molar-refractivity contribution >= 4 is 45.2 Å². The summed E-state index contributed by atoms with van der Waals surface area (Å²) in [7, 11) is 0. The van der Waals surface area contributed by atoms with Crippen LogP contribution in [0.25, 0.3) is 0 Å². The minimum atomic E-state index is -0.541. The van der Waals surface area contributed by atoms with E-state index >= 15 is 0 Å². The number of hydrogen-bond acceptors (Lipinski definition) is 3. The Morgan fingerprint density at radius 2 is 1.80 bits per heavy atom. The van der Waals surface area contributed by atoms with Crippen LogP contribution in [0.3, 0.4) is 0 Å². The van der Waals surface area contributed by atoms with Crippen molar-refractivity contribution in [2.75, 3.05) is 0 Å². The van der Waals surface area contributed by atoms with Gasteiger partial charge in [-0.1, -0.05) is 6.92 Å². The summed E-state index contributed by atoms with van der Waals surface area (Å²) in [5.74, 6) is 0.276. The van der Waals surface area contributed by atoms with Crippen molar-refractivity contribution < 1.29 is 10.2 Å². The molecule has 5 heteroatoms. The summed E-state index contributed by atoms with van der Waals surface area (Å²) in [6, 6.07) is 3.22. The van der Waals surface area contributed by atoms with Crippen molar-refractivity contribution in [3.63, 3.8) is 0 Å². The molecule has 0 saturated carbocycles. The number of hydrogen-bond donors (Lipinski definition) is 3. The molecule has 84 valence electrons. The fourth-order valence-electron chi connectivity index (χ4n) is 1.25. The van der Waals surface area contributed by atoms with Gasteiger partial charge in [0, 0.05) is 0 Å². The molecule has 1 aromatic carbocycles. The quantitative estimate of drug-likeness (QED) is 0.642. The van der Waals surface area contributed by atoms with Crippen LogP contribution in [0.1, 0.15) is 24.9 Å². The Morgan fingerprint density at radius 1 is 1.33 bits per heavy atom. The second-order valence-corrected chi connectivity index (χ2v) is 5.66. The molecule has 0 aromatic heterocycles. The van der Waals surface area contributed by atoms with Gasteiger partial charge in [0.2, 0.25) is 0 Å². The van der Waals surface area contributed by atoms with Crippen molar-refractivity contribution in [3.8, 4) is 5.75 Å². The third kappa shape index (κ3) is 3.18. The number of halogens is 2. The summed E-state index contributed by atoms with van der Waals surface area (Å²) in [6.45, 7) is 1.89. The smallest absolute Gasteiger partial charge is 0.142 e. The summed E-state index contributed by atoms with van der Waals surface area (Å²) in [5, 5.41) is 19.2. The maximum absolute atomic E-state index is 9.64. The number of benzene rings is 1. The topological polar surface area (TPSA) is 66.5 Å². The predicted molar refractivity (Wildman–Crippen MR) is 76.8 cm³/mol. The van der Waals surface area contributed by atoms with Crippen LogP contribution in [0, 0.1) is 7.14 Å². The fraction of sp³-hybridized carbons (Fsp3) is 0.400. The first-order valence-electron chi connectivity index (χ1n) is 4.59. The first kappa shape index (κ1) is 13.5. The van der Waals surface area contributed by atoms with E-state index in [1.54, 1.807) is 0 Å².